The number of anilines is 3. The van der Waals surface area contributed by atoms with Crippen LogP contribution < -0.4 is 15.1 Å². The predicted octanol–water partition coefficient (Wildman–Crippen LogP) is 1.72. The molecule has 0 atom stereocenters. The normalized spacial score (nSPS) is 13.9. The summed E-state index contributed by atoms with van der Waals surface area (Å²) < 4.78 is 0. The first-order valence-corrected chi connectivity index (χ1v) is 7.90. The Balaban J connectivity index is 1.95. The first-order valence-electron chi connectivity index (χ1n) is 7.90. The summed E-state index contributed by atoms with van der Waals surface area (Å²) in [7, 11) is 4.03. The maximum absolute atomic E-state index is 4.71. The van der Waals surface area contributed by atoms with E-state index in [1.54, 1.807) is 12.4 Å². The summed E-state index contributed by atoms with van der Waals surface area (Å²) in [6.07, 6.45) is 4.41. The highest BCUT2D eigenvalue weighted by Crippen LogP contribution is 2.28. The fourth-order valence-electron chi connectivity index (χ4n) is 2.71. The van der Waals surface area contributed by atoms with Crippen LogP contribution in [0.25, 0.3) is 0 Å². The van der Waals surface area contributed by atoms with Crippen LogP contribution in [0.2, 0.25) is 0 Å². The van der Waals surface area contributed by atoms with E-state index in [4.69, 9.17) is 9.97 Å². The number of aromatic nitrogens is 4. The average molecular weight is 313 g/mol. The lowest BCUT2D eigenvalue weighted by molar-refractivity contribution is 0.683. The van der Waals surface area contributed by atoms with Crippen LogP contribution in [0.5, 0.6) is 0 Å². The van der Waals surface area contributed by atoms with Crippen LogP contribution in [-0.2, 0) is 13.0 Å². The highest BCUT2D eigenvalue weighted by atomic mass is 15.3. The van der Waals surface area contributed by atoms with E-state index in [-0.39, 0.29) is 0 Å². The SMILES string of the molecule is CC(C)Nc1nc2c(c(N(C)C)n1)CN(c1ncccn1)CC2. The summed E-state index contributed by atoms with van der Waals surface area (Å²) in [4.78, 5) is 22.3. The number of hydrogen-bond donors (Lipinski definition) is 1. The van der Waals surface area contributed by atoms with Gasteiger partial charge in [-0.1, -0.05) is 0 Å². The van der Waals surface area contributed by atoms with Gasteiger partial charge in [-0.2, -0.15) is 4.98 Å². The van der Waals surface area contributed by atoms with Gasteiger partial charge in [0, 0.05) is 51.1 Å². The Morgan fingerprint density at radius 3 is 2.57 bits per heavy atom. The third-order valence-electron chi connectivity index (χ3n) is 3.71. The molecule has 2 aromatic rings. The Kier molecular flexibility index (Phi) is 4.27. The van der Waals surface area contributed by atoms with Crippen molar-refractivity contribution < 1.29 is 0 Å². The van der Waals surface area contributed by atoms with Crippen molar-refractivity contribution >= 4 is 17.7 Å². The van der Waals surface area contributed by atoms with Gasteiger partial charge in [-0.3, -0.25) is 0 Å². The molecule has 0 amide bonds. The molecule has 0 fully saturated rings. The first kappa shape index (κ1) is 15.5. The molecule has 3 rings (SSSR count). The molecule has 0 unspecified atom stereocenters. The summed E-state index contributed by atoms with van der Waals surface area (Å²) in [5.41, 5.74) is 2.27. The van der Waals surface area contributed by atoms with Crippen molar-refractivity contribution in [1.82, 2.24) is 19.9 Å². The summed E-state index contributed by atoms with van der Waals surface area (Å²) in [5.74, 6) is 2.41. The van der Waals surface area contributed by atoms with Crippen molar-refractivity contribution in [2.24, 2.45) is 0 Å². The molecule has 0 saturated heterocycles. The predicted molar refractivity (Wildman–Crippen MR) is 91.9 cm³/mol. The van der Waals surface area contributed by atoms with Crippen LogP contribution in [-0.4, -0.2) is 46.6 Å². The Hall–Kier alpha value is -2.44. The van der Waals surface area contributed by atoms with Gasteiger partial charge in [-0.25, -0.2) is 15.0 Å². The number of rotatable bonds is 4. The third-order valence-corrected chi connectivity index (χ3v) is 3.71. The highest BCUT2D eigenvalue weighted by Gasteiger charge is 2.24. The molecule has 0 saturated carbocycles. The van der Waals surface area contributed by atoms with Crippen LogP contribution in [0.3, 0.4) is 0 Å². The molecule has 23 heavy (non-hydrogen) atoms. The molecule has 0 spiro atoms. The fourth-order valence-corrected chi connectivity index (χ4v) is 2.71. The molecule has 1 aliphatic heterocycles. The summed E-state index contributed by atoms with van der Waals surface area (Å²) >= 11 is 0. The maximum atomic E-state index is 4.71. The first-order chi connectivity index (χ1) is 11.0. The number of nitrogens with one attached hydrogen (secondary N) is 1. The van der Waals surface area contributed by atoms with Crippen molar-refractivity contribution in [3.05, 3.63) is 29.7 Å². The van der Waals surface area contributed by atoms with E-state index < -0.39 is 0 Å². The molecule has 0 radical (unpaired) electrons. The van der Waals surface area contributed by atoms with Crippen molar-refractivity contribution in [3.63, 3.8) is 0 Å². The number of fused-ring (bicyclic) bond motifs is 1. The number of nitrogens with zero attached hydrogens (tertiary/aromatic N) is 6. The van der Waals surface area contributed by atoms with Gasteiger partial charge in [0.15, 0.2) is 0 Å². The van der Waals surface area contributed by atoms with Crippen LogP contribution in [0.1, 0.15) is 25.1 Å². The molecule has 1 aliphatic rings. The fraction of sp³-hybridized carbons (Fsp3) is 0.500. The molecule has 0 aromatic carbocycles. The quantitative estimate of drug-likeness (QED) is 0.921. The van der Waals surface area contributed by atoms with Crippen molar-refractivity contribution in [3.8, 4) is 0 Å². The van der Waals surface area contributed by atoms with Crippen LogP contribution in [0.15, 0.2) is 18.5 Å². The molecule has 122 valence electrons. The van der Waals surface area contributed by atoms with Crippen molar-refractivity contribution in [2.45, 2.75) is 32.9 Å². The van der Waals surface area contributed by atoms with Gasteiger partial charge in [-0.05, 0) is 19.9 Å². The van der Waals surface area contributed by atoms with E-state index in [9.17, 15) is 0 Å². The van der Waals surface area contributed by atoms with E-state index in [1.807, 2.05) is 25.1 Å². The highest BCUT2D eigenvalue weighted by molar-refractivity contribution is 5.55. The van der Waals surface area contributed by atoms with Crippen LogP contribution >= 0.6 is 0 Å². The molecular formula is C16H23N7. The minimum absolute atomic E-state index is 0.306. The van der Waals surface area contributed by atoms with Crippen molar-refractivity contribution in [1.29, 1.82) is 0 Å². The Labute approximate surface area is 136 Å². The van der Waals surface area contributed by atoms with Crippen LogP contribution in [0, 0.1) is 0 Å². The van der Waals surface area contributed by atoms with Gasteiger partial charge in [0.25, 0.3) is 0 Å². The molecule has 2 aromatic heterocycles. The van der Waals surface area contributed by atoms with Gasteiger partial charge in [0.1, 0.15) is 5.82 Å². The zero-order valence-corrected chi connectivity index (χ0v) is 14.1. The van der Waals surface area contributed by atoms with Gasteiger partial charge < -0.3 is 15.1 Å². The van der Waals surface area contributed by atoms with Gasteiger partial charge in [0.2, 0.25) is 11.9 Å². The molecule has 1 N–H and O–H groups in total. The molecule has 7 nitrogen and oxygen atoms in total. The van der Waals surface area contributed by atoms with Crippen LogP contribution in [0.4, 0.5) is 17.7 Å². The monoisotopic (exact) mass is 313 g/mol. The van der Waals surface area contributed by atoms with E-state index in [0.717, 1.165) is 42.5 Å². The molecule has 0 aliphatic carbocycles. The Morgan fingerprint density at radius 2 is 1.91 bits per heavy atom. The summed E-state index contributed by atoms with van der Waals surface area (Å²) in [6.45, 7) is 5.77. The topological polar surface area (TPSA) is 70.1 Å². The second kappa shape index (κ2) is 6.36. The number of hydrogen-bond acceptors (Lipinski definition) is 7. The lowest BCUT2D eigenvalue weighted by Crippen LogP contribution is -2.34. The zero-order valence-electron chi connectivity index (χ0n) is 14.1. The molecule has 0 bridgehead atoms. The maximum Gasteiger partial charge on any atom is 0.225 e. The standard InChI is InChI=1S/C16H23N7/c1-11(2)19-15-20-13-6-9-23(16-17-7-5-8-18-16)10-12(13)14(21-15)22(3)4/h5,7-8,11H,6,9-10H2,1-4H3,(H,19,20,21). The average Bonchev–Trinajstić information content (AvgIpc) is 2.54. The smallest absolute Gasteiger partial charge is 0.225 e. The van der Waals surface area contributed by atoms with E-state index in [2.05, 4.69) is 34.0 Å². The van der Waals surface area contributed by atoms with E-state index in [0.29, 0.717) is 12.0 Å². The third kappa shape index (κ3) is 3.33. The van der Waals surface area contributed by atoms with Gasteiger partial charge >= 0.3 is 0 Å². The Bertz CT molecular complexity index is 670. The van der Waals surface area contributed by atoms with E-state index >= 15 is 0 Å². The lowest BCUT2D eigenvalue weighted by Gasteiger charge is -2.31. The zero-order chi connectivity index (χ0) is 16.4. The summed E-state index contributed by atoms with van der Waals surface area (Å²) in [5, 5.41) is 3.31. The van der Waals surface area contributed by atoms with Gasteiger partial charge in [-0.15, -0.1) is 0 Å². The summed E-state index contributed by atoms with van der Waals surface area (Å²) in [6, 6.07) is 2.14. The second-order valence-electron chi connectivity index (χ2n) is 6.21. The Morgan fingerprint density at radius 1 is 1.17 bits per heavy atom. The molecule has 3 heterocycles. The van der Waals surface area contributed by atoms with Crippen molar-refractivity contribution in [2.75, 3.05) is 35.8 Å². The minimum Gasteiger partial charge on any atom is -0.362 e. The van der Waals surface area contributed by atoms with Gasteiger partial charge in [0.05, 0.1) is 12.2 Å². The second-order valence-corrected chi connectivity index (χ2v) is 6.21. The minimum atomic E-state index is 0.306. The van der Waals surface area contributed by atoms with E-state index in [1.165, 1.54) is 0 Å². The lowest BCUT2D eigenvalue weighted by atomic mass is 10.1. The largest absolute Gasteiger partial charge is 0.362 e. The molecule has 7 heteroatoms. The molecular weight excluding hydrogens is 290 g/mol.